The molecule has 4 unspecified atom stereocenters. The number of hydrogen-bond donors (Lipinski definition) is 4. The van der Waals surface area contributed by atoms with E-state index in [-0.39, 0.29) is 40.1 Å². The molecule has 1 aliphatic heterocycles. The minimum absolute atomic E-state index is 0.0304. The number of carbonyl (C=O) groups is 3. The van der Waals surface area contributed by atoms with Crippen molar-refractivity contribution in [1.29, 1.82) is 0 Å². The van der Waals surface area contributed by atoms with Gasteiger partial charge in [-0.1, -0.05) is 65.7 Å². The smallest absolute Gasteiger partial charge is 0.251 e. The largest absolute Gasteiger partial charge is 0.507 e. The summed E-state index contributed by atoms with van der Waals surface area (Å²) < 4.78 is 0. The van der Waals surface area contributed by atoms with Crippen molar-refractivity contribution < 1.29 is 24.6 Å². The van der Waals surface area contributed by atoms with Crippen LogP contribution in [0, 0.1) is 17.8 Å². The quantitative estimate of drug-likeness (QED) is 0.170. The van der Waals surface area contributed by atoms with E-state index in [0.717, 1.165) is 30.4 Å². The molecule has 1 amide bonds. The number of rotatable bonds is 6. The lowest BCUT2D eigenvalue weighted by molar-refractivity contribution is 0.0947. The van der Waals surface area contributed by atoms with E-state index >= 15 is 0 Å². The number of benzene rings is 3. The maximum Gasteiger partial charge on any atom is 0.251 e. The zero-order chi connectivity index (χ0) is 34.0. The Morgan fingerprint density at radius 3 is 2.53 bits per heavy atom. The van der Waals surface area contributed by atoms with Crippen molar-refractivity contribution in [2.24, 2.45) is 22.7 Å². The predicted octanol–water partition coefficient (Wildman–Crippen LogP) is 6.66. The van der Waals surface area contributed by atoms with Gasteiger partial charge in [-0.25, -0.2) is 0 Å². The fraction of sp³-hybridized carbons (Fsp3) is 0.250. The number of nitrogens with zero attached hydrogens (tertiary/aromatic N) is 1. The number of hydrogen-bond acceptors (Lipinski definition) is 7. The Bertz CT molecular complexity index is 2130. The number of halogens is 1. The van der Waals surface area contributed by atoms with Gasteiger partial charge in [-0.2, -0.15) is 0 Å². The molecule has 3 aromatic carbocycles. The van der Waals surface area contributed by atoms with Gasteiger partial charge in [0.15, 0.2) is 5.78 Å². The minimum Gasteiger partial charge on any atom is -0.507 e. The monoisotopic (exact) mass is 671 g/mol. The van der Waals surface area contributed by atoms with Crippen LogP contribution >= 0.6 is 11.6 Å². The van der Waals surface area contributed by atoms with Gasteiger partial charge in [0, 0.05) is 53.5 Å². The highest BCUT2D eigenvalue weighted by molar-refractivity contribution is 6.39. The van der Waals surface area contributed by atoms with Gasteiger partial charge in [0.05, 0.1) is 16.2 Å². The van der Waals surface area contributed by atoms with Crippen molar-refractivity contribution in [2.75, 3.05) is 0 Å². The van der Waals surface area contributed by atoms with E-state index < -0.39 is 28.8 Å². The first-order valence-corrected chi connectivity index (χ1v) is 16.9. The van der Waals surface area contributed by atoms with Gasteiger partial charge in [0.25, 0.3) is 5.91 Å². The third-order valence-electron chi connectivity index (χ3n) is 10.6. The van der Waals surface area contributed by atoms with Crippen molar-refractivity contribution in [3.05, 3.63) is 140 Å². The molecule has 1 heterocycles. The van der Waals surface area contributed by atoms with Gasteiger partial charge in [0.1, 0.15) is 17.0 Å². The Morgan fingerprint density at radius 1 is 0.980 bits per heavy atom. The summed E-state index contributed by atoms with van der Waals surface area (Å²) in [6.07, 6.45) is 14.2. The van der Waals surface area contributed by atoms with Gasteiger partial charge in [-0.3, -0.25) is 19.4 Å². The summed E-state index contributed by atoms with van der Waals surface area (Å²) in [6, 6.07) is 14.7. The second-order valence-electron chi connectivity index (χ2n) is 13.7. The average Bonchev–Trinajstić information content (AvgIpc) is 3.30. The number of nitrogens with one attached hydrogen (secondary N) is 2. The second-order valence-corrected chi connectivity index (χ2v) is 14.1. The van der Waals surface area contributed by atoms with Crippen LogP contribution in [0.1, 0.15) is 79.5 Å². The Balaban J connectivity index is 0.951. The molecule has 0 aromatic heterocycles. The molecule has 49 heavy (non-hydrogen) atoms. The number of amides is 1. The Hall–Kier alpha value is -5.21. The number of carbonyl (C=O) groups excluding carboxylic acids is 3. The van der Waals surface area contributed by atoms with E-state index in [9.17, 15) is 24.6 Å². The summed E-state index contributed by atoms with van der Waals surface area (Å²) in [4.78, 5) is 44.4. The Kier molecular flexibility index (Phi) is 7.45. The second kappa shape index (κ2) is 11.7. The molecule has 3 aromatic rings. The summed E-state index contributed by atoms with van der Waals surface area (Å²) in [5.74, 6) is -1.31. The van der Waals surface area contributed by atoms with Crippen LogP contribution in [0.2, 0.25) is 0 Å². The molecular weight excluding hydrogens is 638 g/mol. The SMILES string of the molecule is CC1=CC2C3CC=C4C=C(Cl)C=NC42C=C(NCc2ccc(CNC(=O)c4cc(O)c5c(c4)C(=O)c4cccc(O)c4C5=O)cc2)C(C1)C3. The normalized spacial score (nSPS) is 24.7. The number of fused-ring (bicyclic) bond motifs is 3. The van der Waals surface area contributed by atoms with Crippen molar-refractivity contribution in [3.8, 4) is 11.5 Å². The standard InChI is InChI=1S/C40H34ClN3O5/c1-21-11-25-13-24-9-10-27-16-28(41)20-44-40(27,31(24)12-21)17-32(25)42-18-22-5-7-23(8-6-22)19-43-39(49)26-14-30-36(34(46)15-26)38(48)35-29(37(30)47)3-2-4-33(35)45/h2-8,10,12,14-17,20,24-25,31,42,45-46H,9,11,13,18-19H2,1H3,(H,43,49). The van der Waals surface area contributed by atoms with Crippen LogP contribution in [0.5, 0.6) is 11.5 Å². The molecule has 8 rings (SSSR count). The van der Waals surface area contributed by atoms with Gasteiger partial charge < -0.3 is 20.8 Å². The first-order chi connectivity index (χ1) is 23.6. The van der Waals surface area contributed by atoms with Gasteiger partial charge >= 0.3 is 0 Å². The van der Waals surface area contributed by atoms with Crippen molar-refractivity contribution in [3.63, 3.8) is 0 Å². The molecule has 8 nitrogen and oxygen atoms in total. The fourth-order valence-electron chi connectivity index (χ4n) is 8.23. The minimum atomic E-state index is -0.666. The number of phenolic OH excluding ortho intramolecular Hbond substituents is 2. The molecule has 1 spiro atoms. The molecule has 0 saturated heterocycles. The van der Waals surface area contributed by atoms with E-state index in [4.69, 9.17) is 16.6 Å². The molecule has 4 atom stereocenters. The fourth-order valence-corrected chi connectivity index (χ4v) is 8.40. The average molecular weight is 672 g/mol. The lowest BCUT2D eigenvalue weighted by atomic mass is 9.66. The van der Waals surface area contributed by atoms with Crippen molar-refractivity contribution >= 4 is 35.3 Å². The van der Waals surface area contributed by atoms with Gasteiger partial charge in [-0.15, -0.1) is 0 Å². The summed E-state index contributed by atoms with van der Waals surface area (Å²) in [5, 5.41) is 28.1. The highest BCUT2D eigenvalue weighted by atomic mass is 35.5. The maximum absolute atomic E-state index is 13.2. The molecule has 246 valence electrons. The topological polar surface area (TPSA) is 128 Å². The van der Waals surface area contributed by atoms with E-state index in [0.29, 0.717) is 29.3 Å². The molecule has 9 heteroatoms. The lowest BCUT2D eigenvalue weighted by Gasteiger charge is -2.43. The highest BCUT2D eigenvalue weighted by Crippen LogP contribution is 2.53. The van der Waals surface area contributed by atoms with Crippen LogP contribution in [0.25, 0.3) is 0 Å². The molecule has 0 radical (unpaired) electrons. The molecule has 0 fully saturated rings. The van der Waals surface area contributed by atoms with E-state index in [1.54, 1.807) is 6.21 Å². The van der Waals surface area contributed by atoms with Crippen molar-refractivity contribution in [1.82, 2.24) is 10.6 Å². The van der Waals surface area contributed by atoms with E-state index in [1.165, 1.54) is 47.2 Å². The van der Waals surface area contributed by atoms with Crippen LogP contribution in [0.3, 0.4) is 0 Å². The number of aliphatic imine (C=N–C) groups is 1. The number of aromatic hydroxyl groups is 2. The predicted molar refractivity (Wildman–Crippen MR) is 187 cm³/mol. The van der Waals surface area contributed by atoms with Crippen LogP contribution in [-0.4, -0.2) is 39.4 Å². The Labute approximate surface area is 288 Å². The van der Waals surface area contributed by atoms with Crippen LogP contribution in [0.4, 0.5) is 0 Å². The van der Waals surface area contributed by atoms with Gasteiger partial charge in [-0.05, 0) is 79.2 Å². The Morgan fingerprint density at radius 2 is 1.73 bits per heavy atom. The zero-order valence-corrected chi connectivity index (χ0v) is 27.6. The highest BCUT2D eigenvalue weighted by Gasteiger charge is 2.50. The van der Waals surface area contributed by atoms with E-state index in [2.05, 4.69) is 41.9 Å². The third kappa shape index (κ3) is 5.22. The number of allylic oxidation sites excluding steroid dienone is 4. The molecule has 4 bridgehead atoms. The lowest BCUT2D eigenvalue weighted by Crippen LogP contribution is -2.42. The summed E-state index contributed by atoms with van der Waals surface area (Å²) in [5.41, 5.74) is 4.98. The first-order valence-electron chi connectivity index (χ1n) is 16.5. The first kappa shape index (κ1) is 31.1. The zero-order valence-electron chi connectivity index (χ0n) is 26.8. The van der Waals surface area contributed by atoms with Crippen LogP contribution < -0.4 is 10.6 Å². The molecule has 0 saturated carbocycles. The maximum atomic E-state index is 13.2. The summed E-state index contributed by atoms with van der Waals surface area (Å²) in [6.45, 7) is 3.10. The van der Waals surface area contributed by atoms with Crippen LogP contribution in [0.15, 0.2) is 106 Å². The van der Waals surface area contributed by atoms with Crippen molar-refractivity contribution in [2.45, 2.75) is 44.8 Å². The summed E-state index contributed by atoms with van der Waals surface area (Å²) >= 11 is 6.39. The molecule has 5 aliphatic rings. The third-order valence-corrected chi connectivity index (χ3v) is 10.8. The number of dihydropyridines is 1. The molecular formula is C40H34ClN3O5. The molecule has 4 aliphatic carbocycles. The molecule has 4 N–H and O–H groups in total. The van der Waals surface area contributed by atoms with E-state index in [1.807, 2.05) is 24.3 Å². The number of phenols is 2. The number of ketones is 2. The van der Waals surface area contributed by atoms with Crippen LogP contribution in [-0.2, 0) is 13.1 Å². The van der Waals surface area contributed by atoms with Gasteiger partial charge in [0.2, 0.25) is 5.78 Å². The summed E-state index contributed by atoms with van der Waals surface area (Å²) in [7, 11) is 0.